The highest BCUT2D eigenvalue weighted by Gasteiger charge is 2.39. The average molecular weight is 492 g/mol. The topological polar surface area (TPSA) is 33.4 Å². The molecule has 1 atom stereocenters. The van der Waals surface area contributed by atoms with Gasteiger partial charge in [-0.15, -0.1) is 0 Å². The van der Waals surface area contributed by atoms with Crippen molar-refractivity contribution in [3.05, 3.63) is 110 Å². The number of aryl methyl sites for hydroxylation is 1. The van der Waals surface area contributed by atoms with E-state index in [1.807, 2.05) is 66.2 Å². The summed E-state index contributed by atoms with van der Waals surface area (Å²) in [7, 11) is 0. The number of benzene rings is 3. The number of amidine groups is 1. The van der Waals surface area contributed by atoms with Crippen LogP contribution in [0.2, 0.25) is 15.1 Å². The summed E-state index contributed by atoms with van der Waals surface area (Å²) in [4.78, 5) is 7.28. The first kappa shape index (κ1) is 20.5. The van der Waals surface area contributed by atoms with Crippen LogP contribution in [0.1, 0.15) is 28.4 Å². The van der Waals surface area contributed by atoms with Gasteiger partial charge in [0.1, 0.15) is 5.84 Å². The fourth-order valence-corrected chi connectivity index (χ4v) is 5.10. The van der Waals surface area contributed by atoms with Crippen LogP contribution in [0.4, 0.5) is 11.5 Å². The second kappa shape index (κ2) is 7.77. The highest BCUT2D eigenvalue weighted by Crippen LogP contribution is 2.48. The fraction of sp³-hybridized carbons (Fsp3) is 0.0769. The van der Waals surface area contributed by atoms with Crippen LogP contribution in [0.25, 0.3) is 11.8 Å². The van der Waals surface area contributed by atoms with Gasteiger partial charge in [-0.2, -0.15) is 5.10 Å². The zero-order valence-electron chi connectivity index (χ0n) is 17.5. The number of aliphatic imine (C=N–C) groups is 1. The van der Waals surface area contributed by atoms with Gasteiger partial charge in [0.05, 0.1) is 33.2 Å². The third-order valence-corrected chi connectivity index (χ3v) is 7.12. The summed E-state index contributed by atoms with van der Waals surface area (Å²) in [5, 5.41) is 6.59. The van der Waals surface area contributed by atoms with Crippen molar-refractivity contribution in [3.63, 3.8) is 0 Å². The molecule has 4 nitrogen and oxygen atoms in total. The monoisotopic (exact) mass is 490 g/mol. The highest BCUT2D eigenvalue weighted by molar-refractivity contribution is 6.42. The van der Waals surface area contributed by atoms with Gasteiger partial charge >= 0.3 is 0 Å². The van der Waals surface area contributed by atoms with E-state index in [9.17, 15) is 0 Å². The first-order chi connectivity index (χ1) is 16.0. The maximum atomic E-state index is 6.79. The Morgan fingerprint density at radius 1 is 0.848 bits per heavy atom. The molecule has 3 heterocycles. The number of halogens is 3. The molecular weight excluding hydrogens is 475 g/mol. The number of aromatic nitrogens is 2. The summed E-state index contributed by atoms with van der Waals surface area (Å²) in [5.41, 5.74) is 5.83. The van der Waals surface area contributed by atoms with Crippen molar-refractivity contribution in [2.24, 2.45) is 4.99 Å². The largest absolute Gasteiger partial charge is 0.314 e. The van der Waals surface area contributed by atoms with Crippen LogP contribution in [0.5, 0.6) is 0 Å². The molecule has 33 heavy (non-hydrogen) atoms. The van der Waals surface area contributed by atoms with Crippen LogP contribution in [0.15, 0.2) is 77.8 Å². The molecule has 4 aromatic rings. The van der Waals surface area contributed by atoms with E-state index in [1.54, 1.807) is 6.07 Å². The Kier molecular flexibility index (Phi) is 4.84. The minimum atomic E-state index is -0.245. The molecule has 0 N–H and O–H groups in total. The quantitative estimate of drug-likeness (QED) is 0.286. The molecule has 0 radical (unpaired) electrons. The van der Waals surface area contributed by atoms with E-state index in [4.69, 9.17) is 44.9 Å². The minimum absolute atomic E-state index is 0.245. The predicted molar refractivity (Wildman–Crippen MR) is 137 cm³/mol. The maximum Gasteiger partial charge on any atom is 0.163 e. The van der Waals surface area contributed by atoms with Crippen molar-refractivity contribution in [1.29, 1.82) is 0 Å². The molecular formula is C26H17Cl3N4. The predicted octanol–water partition coefficient (Wildman–Crippen LogP) is 7.81. The van der Waals surface area contributed by atoms with Crippen molar-refractivity contribution in [3.8, 4) is 5.69 Å². The summed E-state index contributed by atoms with van der Waals surface area (Å²) < 4.78 is 1.87. The molecule has 2 aliphatic heterocycles. The lowest BCUT2D eigenvalue weighted by Crippen LogP contribution is -2.39. The van der Waals surface area contributed by atoms with Gasteiger partial charge in [-0.05, 0) is 66.6 Å². The van der Waals surface area contributed by atoms with Gasteiger partial charge in [0.2, 0.25) is 0 Å². The molecule has 0 spiro atoms. The molecule has 0 saturated heterocycles. The number of para-hydroxylation sites is 1. The standard InChI is InChI=1S/C26H17Cl3N4/c1-15-23-25(19-6-4-7-20(28)24(19)29)32-21-8-3-2-5-16(21)9-14-22(32)30-26(23)33(31-15)18-12-10-17(27)11-13-18/h2-14,25H,1H3. The van der Waals surface area contributed by atoms with Gasteiger partial charge in [-0.3, -0.25) is 0 Å². The Morgan fingerprint density at radius 2 is 1.64 bits per heavy atom. The van der Waals surface area contributed by atoms with Crippen molar-refractivity contribution in [2.45, 2.75) is 13.0 Å². The second-order valence-corrected chi connectivity index (χ2v) is 9.21. The van der Waals surface area contributed by atoms with Crippen molar-refractivity contribution in [2.75, 3.05) is 4.90 Å². The van der Waals surface area contributed by atoms with Gasteiger partial charge in [0.25, 0.3) is 0 Å². The Bertz CT molecular complexity index is 1470. The molecule has 1 aromatic heterocycles. The first-order valence-electron chi connectivity index (χ1n) is 10.5. The summed E-state index contributed by atoms with van der Waals surface area (Å²) >= 11 is 19.4. The van der Waals surface area contributed by atoms with Crippen molar-refractivity contribution >= 4 is 58.2 Å². The molecule has 7 heteroatoms. The lowest BCUT2D eigenvalue weighted by Gasteiger charge is -2.39. The number of hydrogen-bond donors (Lipinski definition) is 0. The van der Waals surface area contributed by atoms with Gasteiger partial charge in [-0.1, -0.05) is 65.1 Å². The Labute approximate surface area is 206 Å². The Hall–Kier alpha value is -3.05. The molecule has 0 saturated carbocycles. The van der Waals surface area contributed by atoms with Gasteiger partial charge in [0, 0.05) is 10.6 Å². The second-order valence-electron chi connectivity index (χ2n) is 7.99. The molecule has 162 valence electrons. The van der Waals surface area contributed by atoms with Crippen molar-refractivity contribution < 1.29 is 0 Å². The average Bonchev–Trinajstić information content (AvgIpc) is 3.16. The van der Waals surface area contributed by atoms with Crippen LogP contribution in [-0.2, 0) is 0 Å². The summed E-state index contributed by atoms with van der Waals surface area (Å²) in [5.74, 6) is 1.59. The minimum Gasteiger partial charge on any atom is -0.314 e. The van der Waals surface area contributed by atoms with E-state index in [-0.39, 0.29) is 6.04 Å². The van der Waals surface area contributed by atoms with Crippen molar-refractivity contribution in [1.82, 2.24) is 9.78 Å². The zero-order valence-corrected chi connectivity index (χ0v) is 19.8. The summed E-state index contributed by atoms with van der Waals surface area (Å²) in [6.45, 7) is 2.00. The molecule has 2 aliphatic rings. The SMILES string of the molecule is Cc1nn(-c2ccc(Cl)cc2)c2c1C(c1cccc(Cl)c1Cl)N1C(=N2)C=Cc2ccccc21. The molecule has 0 amide bonds. The number of rotatable bonds is 2. The van der Waals surface area contributed by atoms with E-state index in [0.717, 1.165) is 45.4 Å². The molecule has 6 rings (SSSR count). The zero-order chi connectivity index (χ0) is 22.7. The van der Waals surface area contributed by atoms with E-state index >= 15 is 0 Å². The van der Waals surface area contributed by atoms with E-state index < -0.39 is 0 Å². The normalized spacial score (nSPS) is 16.2. The molecule has 3 aromatic carbocycles. The van der Waals surface area contributed by atoms with Crippen LogP contribution in [-0.4, -0.2) is 15.6 Å². The lowest BCUT2D eigenvalue weighted by atomic mass is 9.92. The first-order valence-corrected chi connectivity index (χ1v) is 11.6. The van der Waals surface area contributed by atoms with Crippen LogP contribution in [0, 0.1) is 6.92 Å². The van der Waals surface area contributed by atoms with Gasteiger partial charge < -0.3 is 4.90 Å². The van der Waals surface area contributed by atoms with Gasteiger partial charge in [-0.25, -0.2) is 9.67 Å². The van der Waals surface area contributed by atoms with Crippen LogP contribution >= 0.6 is 34.8 Å². The highest BCUT2D eigenvalue weighted by atomic mass is 35.5. The Morgan fingerprint density at radius 3 is 2.45 bits per heavy atom. The van der Waals surface area contributed by atoms with Gasteiger partial charge in [0.15, 0.2) is 5.82 Å². The molecule has 0 bridgehead atoms. The number of nitrogens with zero attached hydrogens (tertiary/aromatic N) is 4. The summed E-state index contributed by atoms with van der Waals surface area (Å²) in [6, 6.07) is 21.4. The maximum absolute atomic E-state index is 6.79. The third-order valence-electron chi connectivity index (χ3n) is 6.04. The van der Waals surface area contributed by atoms with E-state index in [2.05, 4.69) is 23.1 Å². The van der Waals surface area contributed by atoms with E-state index in [1.165, 1.54) is 0 Å². The fourth-order valence-electron chi connectivity index (χ4n) is 4.56. The summed E-state index contributed by atoms with van der Waals surface area (Å²) in [6.07, 6.45) is 4.12. The molecule has 1 unspecified atom stereocenters. The van der Waals surface area contributed by atoms with Crippen LogP contribution < -0.4 is 4.90 Å². The third kappa shape index (κ3) is 3.21. The smallest absolute Gasteiger partial charge is 0.163 e. The molecule has 0 aliphatic carbocycles. The van der Waals surface area contributed by atoms with Crippen LogP contribution in [0.3, 0.4) is 0 Å². The number of anilines is 1. The number of hydrogen-bond acceptors (Lipinski definition) is 3. The Balaban J connectivity index is 1.66. The number of fused-ring (bicyclic) bond motifs is 4. The lowest BCUT2D eigenvalue weighted by molar-refractivity contribution is 0.814. The molecule has 0 fully saturated rings. The van der Waals surface area contributed by atoms with E-state index in [0.29, 0.717) is 15.1 Å².